The summed E-state index contributed by atoms with van der Waals surface area (Å²) in [7, 11) is 1.82. The molecule has 0 radical (unpaired) electrons. The molecule has 3 rings (SSSR count). The van der Waals surface area contributed by atoms with Crippen LogP contribution >= 0.6 is 0 Å². The van der Waals surface area contributed by atoms with E-state index in [1.807, 2.05) is 54.2 Å². The first-order chi connectivity index (χ1) is 12.2. The Morgan fingerprint density at radius 2 is 2.00 bits per heavy atom. The van der Waals surface area contributed by atoms with Gasteiger partial charge >= 0.3 is 5.97 Å². The third-order valence-corrected chi connectivity index (χ3v) is 3.80. The number of esters is 1. The van der Waals surface area contributed by atoms with E-state index in [0.29, 0.717) is 24.5 Å². The van der Waals surface area contributed by atoms with Crippen LogP contribution in [0.25, 0.3) is 11.6 Å². The van der Waals surface area contributed by atoms with Crippen LogP contribution in [0.5, 0.6) is 0 Å². The van der Waals surface area contributed by atoms with Gasteiger partial charge in [-0.1, -0.05) is 30.3 Å². The number of aromatic nitrogens is 4. The summed E-state index contributed by atoms with van der Waals surface area (Å²) < 4.78 is 8.87. The van der Waals surface area contributed by atoms with E-state index in [1.54, 1.807) is 30.1 Å². The predicted octanol–water partition coefficient (Wildman–Crippen LogP) is 2.77. The molecule has 3 aromatic rings. The van der Waals surface area contributed by atoms with E-state index >= 15 is 0 Å². The van der Waals surface area contributed by atoms with E-state index in [0.717, 1.165) is 11.3 Å². The minimum absolute atomic E-state index is 0.307. The Morgan fingerprint density at radius 1 is 1.20 bits per heavy atom. The van der Waals surface area contributed by atoms with Crippen LogP contribution in [0.15, 0.2) is 55.0 Å². The van der Waals surface area contributed by atoms with Crippen molar-refractivity contribution in [2.75, 3.05) is 6.61 Å². The Bertz CT molecular complexity index is 878. The number of hydrogen-bond donors (Lipinski definition) is 0. The van der Waals surface area contributed by atoms with E-state index < -0.39 is 5.97 Å². The van der Waals surface area contributed by atoms with Crippen LogP contribution in [0.4, 0.5) is 0 Å². The molecule has 0 fully saturated rings. The largest absolute Gasteiger partial charge is 0.462 e. The van der Waals surface area contributed by atoms with Crippen LogP contribution in [0.3, 0.4) is 0 Å². The fourth-order valence-corrected chi connectivity index (χ4v) is 2.56. The van der Waals surface area contributed by atoms with Gasteiger partial charge in [-0.2, -0.15) is 5.10 Å². The van der Waals surface area contributed by atoms with Crippen LogP contribution in [0, 0.1) is 0 Å². The van der Waals surface area contributed by atoms with Gasteiger partial charge in [0.1, 0.15) is 11.4 Å². The summed E-state index contributed by atoms with van der Waals surface area (Å²) in [5.41, 5.74) is 2.34. The Balaban J connectivity index is 2.00. The fourth-order valence-electron chi connectivity index (χ4n) is 2.56. The zero-order chi connectivity index (χ0) is 17.6. The number of hydrogen-bond acceptors (Lipinski definition) is 4. The summed E-state index contributed by atoms with van der Waals surface area (Å²) in [5, 5.41) is 4.14. The minimum atomic E-state index is -0.399. The van der Waals surface area contributed by atoms with Gasteiger partial charge in [0.2, 0.25) is 0 Å². The van der Waals surface area contributed by atoms with Crippen molar-refractivity contribution in [3.8, 4) is 0 Å². The average molecular weight is 336 g/mol. The lowest BCUT2D eigenvalue weighted by atomic mass is 10.2. The van der Waals surface area contributed by atoms with Crippen molar-refractivity contribution in [1.29, 1.82) is 0 Å². The van der Waals surface area contributed by atoms with E-state index in [9.17, 15) is 4.79 Å². The van der Waals surface area contributed by atoms with Gasteiger partial charge in [-0.15, -0.1) is 0 Å². The highest BCUT2D eigenvalue weighted by Gasteiger charge is 2.19. The van der Waals surface area contributed by atoms with Gasteiger partial charge in [-0.05, 0) is 24.6 Å². The highest BCUT2D eigenvalue weighted by atomic mass is 16.5. The zero-order valence-electron chi connectivity index (χ0n) is 14.3. The molecule has 0 aliphatic rings. The molecule has 0 spiro atoms. The summed E-state index contributed by atoms with van der Waals surface area (Å²) in [4.78, 5) is 16.9. The van der Waals surface area contributed by atoms with Crippen molar-refractivity contribution >= 4 is 17.6 Å². The lowest BCUT2D eigenvalue weighted by Crippen LogP contribution is -2.13. The molecule has 25 heavy (non-hydrogen) atoms. The first-order valence-electron chi connectivity index (χ1n) is 8.11. The zero-order valence-corrected chi connectivity index (χ0v) is 14.3. The third-order valence-electron chi connectivity index (χ3n) is 3.80. The molecule has 1 aromatic carbocycles. The summed E-state index contributed by atoms with van der Waals surface area (Å²) in [6.45, 7) is 2.72. The van der Waals surface area contributed by atoms with E-state index in [2.05, 4.69) is 10.1 Å². The highest BCUT2D eigenvalue weighted by Crippen LogP contribution is 2.19. The Hall–Kier alpha value is -3.15. The lowest BCUT2D eigenvalue weighted by Gasteiger charge is -2.11. The molecular formula is C19H20N4O2. The first kappa shape index (κ1) is 16.7. The van der Waals surface area contributed by atoms with E-state index in [-0.39, 0.29) is 0 Å². The number of benzene rings is 1. The number of imidazole rings is 1. The molecule has 0 N–H and O–H groups in total. The fraction of sp³-hybridized carbons (Fsp3) is 0.211. The van der Waals surface area contributed by atoms with Crippen molar-refractivity contribution in [3.63, 3.8) is 0 Å². The van der Waals surface area contributed by atoms with Gasteiger partial charge in [0, 0.05) is 32.2 Å². The second-order valence-corrected chi connectivity index (χ2v) is 5.52. The van der Waals surface area contributed by atoms with Crippen molar-refractivity contribution < 1.29 is 9.53 Å². The van der Waals surface area contributed by atoms with Gasteiger partial charge in [0.25, 0.3) is 0 Å². The van der Waals surface area contributed by atoms with E-state index in [4.69, 9.17) is 4.74 Å². The maximum absolute atomic E-state index is 12.5. The molecule has 6 nitrogen and oxygen atoms in total. The second kappa shape index (κ2) is 7.61. The standard InChI is InChI=1S/C19H20N4O2/c1-3-25-19(24)17(13-16-9-10-21-22(16)2)18-20-11-12-23(18)14-15-7-5-4-6-8-15/h4-13H,3,14H2,1-2H3/b17-13+. The molecule has 0 amide bonds. The SMILES string of the molecule is CCOC(=O)/C(=C/c1ccnn1C)c1nccn1Cc1ccccc1. The first-order valence-corrected chi connectivity index (χ1v) is 8.11. The molecule has 6 heteroatoms. The van der Waals surface area contributed by atoms with Gasteiger partial charge < -0.3 is 9.30 Å². The summed E-state index contributed by atoms with van der Waals surface area (Å²) in [6, 6.07) is 11.9. The molecular weight excluding hydrogens is 316 g/mol. The van der Waals surface area contributed by atoms with Crippen LogP contribution < -0.4 is 0 Å². The topological polar surface area (TPSA) is 61.9 Å². The summed E-state index contributed by atoms with van der Waals surface area (Å²) in [6.07, 6.45) is 6.99. The number of ether oxygens (including phenoxy) is 1. The average Bonchev–Trinajstić information content (AvgIpc) is 3.23. The maximum Gasteiger partial charge on any atom is 0.341 e. The third kappa shape index (κ3) is 3.85. The van der Waals surface area contributed by atoms with Crippen molar-refractivity contribution in [1.82, 2.24) is 19.3 Å². The Morgan fingerprint density at radius 3 is 2.68 bits per heavy atom. The molecule has 2 heterocycles. The number of rotatable bonds is 6. The quantitative estimate of drug-likeness (QED) is 0.513. The minimum Gasteiger partial charge on any atom is -0.462 e. The van der Waals surface area contributed by atoms with Crippen LogP contribution in [-0.4, -0.2) is 31.9 Å². The van der Waals surface area contributed by atoms with E-state index in [1.165, 1.54) is 0 Å². The molecule has 0 saturated heterocycles. The molecule has 0 aliphatic heterocycles. The van der Waals surface area contributed by atoms with Gasteiger partial charge in [0.05, 0.1) is 12.3 Å². The molecule has 0 bridgehead atoms. The Kier molecular flexibility index (Phi) is 5.09. The Labute approximate surface area is 146 Å². The number of nitrogens with zero attached hydrogens (tertiary/aromatic N) is 4. The molecule has 128 valence electrons. The number of aryl methyl sites for hydroxylation is 1. The van der Waals surface area contributed by atoms with Crippen molar-refractivity contribution in [3.05, 3.63) is 72.1 Å². The molecule has 0 unspecified atom stereocenters. The molecule has 0 aliphatic carbocycles. The van der Waals surface area contributed by atoms with Gasteiger partial charge in [-0.3, -0.25) is 4.68 Å². The summed E-state index contributed by atoms with van der Waals surface area (Å²) >= 11 is 0. The monoisotopic (exact) mass is 336 g/mol. The highest BCUT2D eigenvalue weighted by molar-refractivity contribution is 6.20. The van der Waals surface area contributed by atoms with Crippen molar-refractivity contribution in [2.24, 2.45) is 7.05 Å². The normalized spacial score (nSPS) is 11.5. The molecule has 0 atom stereocenters. The smallest absolute Gasteiger partial charge is 0.341 e. The van der Waals surface area contributed by atoms with Crippen molar-refractivity contribution in [2.45, 2.75) is 13.5 Å². The van der Waals surface area contributed by atoms with Crippen LogP contribution in [-0.2, 0) is 23.1 Å². The van der Waals surface area contributed by atoms with Crippen LogP contribution in [0.1, 0.15) is 24.0 Å². The lowest BCUT2D eigenvalue weighted by molar-refractivity contribution is -0.136. The maximum atomic E-state index is 12.5. The number of carbonyl (C=O) groups excluding carboxylic acids is 1. The van der Waals surface area contributed by atoms with Gasteiger partial charge in [-0.25, -0.2) is 9.78 Å². The second-order valence-electron chi connectivity index (χ2n) is 5.52. The predicted molar refractivity (Wildman–Crippen MR) is 95.5 cm³/mol. The molecule has 0 saturated carbocycles. The molecule has 2 aromatic heterocycles. The van der Waals surface area contributed by atoms with Crippen LogP contribution in [0.2, 0.25) is 0 Å². The van der Waals surface area contributed by atoms with Gasteiger partial charge in [0.15, 0.2) is 0 Å². The number of carbonyl (C=O) groups is 1. The summed E-state index contributed by atoms with van der Waals surface area (Å²) in [5.74, 6) is 0.174.